The topological polar surface area (TPSA) is 119 Å². The van der Waals surface area contributed by atoms with E-state index in [4.69, 9.17) is 24.7 Å². The Kier molecular flexibility index (Phi) is 16.6. The summed E-state index contributed by atoms with van der Waals surface area (Å²) in [6, 6.07) is 0.532. The second-order valence-electron chi connectivity index (χ2n) is 11.5. The van der Waals surface area contributed by atoms with Gasteiger partial charge in [-0.15, -0.1) is 0 Å². The zero-order valence-corrected chi connectivity index (χ0v) is 23.8. The highest BCUT2D eigenvalue weighted by molar-refractivity contribution is 4.91. The lowest BCUT2D eigenvalue weighted by Gasteiger charge is -2.48. The molecule has 1 aliphatic heterocycles. The third-order valence-electron chi connectivity index (χ3n) is 8.79. The van der Waals surface area contributed by atoms with Gasteiger partial charge in [0, 0.05) is 32.1 Å². The lowest BCUT2D eigenvalue weighted by atomic mass is 9.70. The average molecular weight is 544 g/mol. The Morgan fingerprint density at radius 1 is 0.658 bits per heavy atom. The average Bonchev–Trinajstić information content (AvgIpc) is 2.92. The second kappa shape index (κ2) is 19.7. The number of nitrogens with zero attached hydrogens (tertiary/aromatic N) is 1. The number of likely N-dealkylation sites (tertiary alicyclic amines) is 1. The van der Waals surface area contributed by atoms with E-state index < -0.39 is 12.5 Å². The van der Waals surface area contributed by atoms with Gasteiger partial charge >= 0.3 is 0 Å². The summed E-state index contributed by atoms with van der Waals surface area (Å²) in [5.74, 6) is 2.34. The van der Waals surface area contributed by atoms with E-state index >= 15 is 0 Å². The number of aliphatic hydroxyl groups excluding tert-OH is 2. The van der Waals surface area contributed by atoms with Gasteiger partial charge in [0.15, 0.2) is 0 Å². The van der Waals surface area contributed by atoms with Crippen molar-refractivity contribution in [2.45, 2.75) is 95.5 Å². The van der Waals surface area contributed by atoms with Crippen LogP contribution in [-0.4, -0.2) is 106 Å². The first-order valence-electron chi connectivity index (χ1n) is 15.5. The largest absolute Gasteiger partial charge is 0.379 e. The highest BCUT2D eigenvalue weighted by Crippen LogP contribution is 2.42. The molecule has 6 atom stereocenters. The van der Waals surface area contributed by atoms with Gasteiger partial charge in [0.05, 0.1) is 52.9 Å². The SMILES string of the molecule is NCCOCCOCCOCCOCCC(O)NCCC(O)N1CC2CCCCC2CCC2CCCCC21. The van der Waals surface area contributed by atoms with E-state index in [0.29, 0.717) is 84.8 Å². The number of aliphatic hydroxyl groups is 2. The van der Waals surface area contributed by atoms with Crippen molar-refractivity contribution >= 4 is 0 Å². The quantitative estimate of drug-likeness (QED) is 0.144. The van der Waals surface area contributed by atoms with Crippen LogP contribution >= 0.6 is 0 Å². The van der Waals surface area contributed by atoms with Crippen LogP contribution in [0.1, 0.15) is 77.0 Å². The minimum Gasteiger partial charge on any atom is -0.379 e. The van der Waals surface area contributed by atoms with Crippen LogP contribution in [0.3, 0.4) is 0 Å². The molecular weight excluding hydrogens is 486 g/mol. The summed E-state index contributed by atoms with van der Waals surface area (Å²) in [7, 11) is 0. The molecule has 224 valence electrons. The number of fused-ring (bicyclic) bond motifs is 2. The zero-order valence-electron chi connectivity index (χ0n) is 23.8. The first kappa shape index (κ1) is 32.2. The fraction of sp³-hybridized carbons (Fsp3) is 1.00. The summed E-state index contributed by atoms with van der Waals surface area (Å²) in [4.78, 5) is 2.48. The summed E-state index contributed by atoms with van der Waals surface area (Å²) in [6.45, 7) is 6.35. The van der Waals surface area contributed by atoms with Crippen LogP contribution in [0.4, 0.5) is 0 Å². The normalized spacial score (nSPS) is 28.2. The molecule has 5 N–H and O–H groups in total. The van der Waals surface area contributed by atoms with E-state index in [2.05, 4.69) is 10.2 Å². The smallest absolute Gasteiger partial charge is 0.108 e. The molecule has 0 amide bonds. The van der Waals surface area contributed by atoms with Crippen LogP contribution < -0.4 is 11.1 Å². The number of rotatable bonds is 19. The molecule has 1 saturated heterocycles. The highest BCUT2D eigenvalue weighted by atomic mass is 16.6. The molecule has 1 heterocycles. The highest BCUT2D eigenvalue weighted by Gasteiger charge is 2.39. The van der Waals surface area contributed by atoms with E-state index in [1.165, 1.54) is 64.2 Å². The maximum atomic E-state index is 11.3. The Morgan fingerprint density at radius 3 is 1.89 bits per heavy atom. The fourth-order valence-corrected chi connectivity index (χ4v) is 6.73. The Bertz CT molecular complexity index is 587. The predicted molar refractivity (Wildman–Crippen MR) is 149 cm³/mol. The molecule has 0 bridgehead atoms. The lowest BCUT2D eigenvalue weighted by molar-refractivity contribution is -0.0820. The number of nitrogens with two attached hydrogens (primary N) is 1. The third kappa shape index (κ3) is 12.0. The molecule has 3 rings (SSSR count). The zero-order chi connectivity index (χ0) is 26.8. The van der Waals surface area contributed by atoms with Crippen LogP contribution in [0.2, 0.25) is 0 Å². The predicted octanol–water partition coefficient (Wildman–Crippen LogP) is 2.48. The molecule has 9 nitrogen and oxygen atoms in total. The molecule has 0 aromatic carbocycles. The maximum Gasteiger partial charge on any atom is 0.108 e. The fourth-order valence-electron chi connectivity index (χ4n) is 6.73. The third-order valence-corrected chi connectivity index (χ3v) is 8.79. The Labute approximate surface area is 231 Å². The van der Waals surface area contributed by atoms with E-state index in [9.17, 15) is 10.2 Å². The summed E-state index contributed by atoms with van der Waals surface area (Å²) < 4.78 is 21.7. The van der Waals surface area contributed by atoms with Gasteiger partial charge in [-0.25, -0.2) is 0 Å². The van der Waals surface area contributed by atoms with Crippen LogP contribution in [0, 0.1) is 17.8 Å². The monoisotopic (exact) mass is 543 g/mol. The number of hydrogen-bond acceptors (Lipinski definition) is 9. The van der Waals surface area contributed by atoms with Gasteiger partial charge in [0.1, 0.15) is 12.5 Å². The standard InChI is InChI=1S/C29H57N3O6/c30-13-16-36-18-20-38-22-21-37-19-17-35-15-12-28(33)31-14-11-29(34)32-23-26-7-2-1-5-24(26)9-10-25-6-3-4-8-27(25)32/h24-29,31,33-34H,1-23,30H2. The van der Waals surface area contributed by atoms with Crippen molar-refractivity contribution < 1.29 is 29.2 Å². The summed E-state index contributed by atoms with van der Waals surface area (Å²) in [5, 5.41) is 24.8. The van der Waals surface area contributed by atoms with Gasteiger partial charge in [0.25, 0.3) is 0 Å². The Hall–Kier alpha value is -0.360. The number of ether oxygens (including phenoxy) is 4. The van der Waals surface area contributed by atoms with Crippen molar-refractivity contribution in [2.75, 3.05) is 72.5 Å². The van der Waals surface area contributed by atoms with Gasteiger partial charge < -0.3 is 34.9 Å². The molecule has 0 spiro atoms. The van der Waals surface area contributed by atoms with Gasteiger partial charge in [0.2, 0.25) is 0 Å². The maximum absolute atomic E-state index is 11.3. The van der Waals surface area contributed by atoms with E-state index in [-0.39, 0.29) is 0 Å². The van der Waals surface area contributed by atoms with E-state index in [1.54, 1.807) is 0 Å². The summed E-state index contributed by atoms with van der Waals surface area (Å²) in [6.07, 6.45) is 13.5. The van der Waals surface area contributed by atoms with Crippen LogP contribution in [-0.2, 0) is 18.9 Å². The molecule has 0 radical (unpaired) electrons. The molecular formula is C29H57N3O6. The van der Waals surface area contributed by atoms with E-state index in [0.717, 1.165) is 24.3 Å². The van der Waals surface area contributed by atoms with Crippen LogP contribution in [0.5, 0.6) is 0 Å². The van der Waals surface area contributed by atoms with Crippen molar-refractivity contribution in [3.63, 3.8) is 0 Å². The van der Waals surface area contributed by atoms with Crippen LogP contribution in [0.25, 0.3) is 0 Å². The molecule has 6 unspecified atom stereocenters. The van der Waals surface area contributed by atoms with Gasteiger partial charge in [-0.2, -0.15) is 0 Å². The van der Waals surface area contributed by atoms with Gasteiger partial charge in [-0.05, 0) is 56.3 Å². The van der Waals surface area contributed by atoms with Gasteiger partial charge in [-0.1, -0.05) is 32.1 Å². The second-order valence-corrected chi connectivity index (χ2v) is 11.5. The molecule has 0 aromatic rings. The van der Waals surface area contributed by atoms with Crippen molar-refractivity contribution in [2.24, 2.45) is 23.5 Å². The van der Waals surface area contributed by atoms with Crippen molar-refractivity contribution in [3.8, 4) is 0 Å². The molecule has 3 aliphatic rings. The Balaban J connectivity index is 1.23. The van der Waals surface area contributed by atoms with Crippen molar-refractivity contribution in [1.29, 1.82) is 0 Å². The molecule has 38 heavy (non-hydrogen) atoms. The van der Waals surface area contributed by atoms with E-state index in [1.807, 2.05) is 0 Å². The summed E-state index contributed by atoms with van der Waals surface area (Å²) in [5.41, 5.74) is 5.35. The molecule has 9 heteroatoms. The Morgan fingerprint density at radius 2 is 1.21 bits per heavy atom. The van der Waals surface area contributed by atoms with Crippen molar-refractivity contribution in [1.82, 2.24) is 10.2 Å². The molecule has 3 fully saturated rings. The van der Waals surface area contributed by atoms with Gasteiger partial charge in [-0.3, -0.25) is 10.2 Å². The molecule has 0 aromatic heterocycles. The summed E-state index contributed by atoms with van der Waals surface area (Å²) >= 11 is 0. The van der Waals surface area contributed by atoms with Crippen molar-refractivity contribution in [3.05, 3.63) is 0 Å². The van der Waals surface area contributed by atoms with Crippen LogP contribution in [0.15, 0.2) is 0 Å². The number of hydrogen-bond donors (Lipinski definition) is 4. The number of nitrogens with one attached hydrogen (secondary N) is 1. The minimum atomic E-state index is -0.629. The first-order chi connectivity index (χ1) is 18.7. The molecule has 2 aliphatic carbocycles. The lowest BCUT2D eigenvalue weighted by Crippen LogP contribution is -2.53. The first-order valence-corrected chi connectivity index (χ1v) is 15.5. The molecule has 2 saturated carbocycles. The minimum absolute atomic E-state index is 0.433.